The third-order valence-corrected chi connectivity index (χ3v) is 9.18. The first-order chi connectivity index (χ1) is 19.4. The normalized spacial score (nSPS) is 13.0. The predicted octanol–water partition coefficient (Wildman–Crippen LogP) is 11.0. The summed E-state index contributed by atoms with van der Waals surface area (Å²) in [5.74, 6) is 0.164. The Bertz CT molecular complexity index is 2060. The molecule has 0 saturated carbocycles. The number of rotatable bonds is 1. The van der Waals surface area contributed by atoms with Gasteiger partial charge in [-0.05, 0) is 106 Å². The van der Waals surface area contributed by atoms with Gasteiger partial charge in [0.2, 0.25) is 0 Å². The van der Waals surface area contributed by atoms with E-state index < -0.39 is 0 Å². The van der Waals surface area contributed by atoms with Crippen molar-refractivity contribution < 1.29 is 0 Å². The van der Waals surface area contributed by atoms with Gasteiger partial charge in [0.25, 0.3) is 0 Å². The fourth-order valence-electron chi connectivity index (χ4n) is 7.36. The molecule has 0 fully saturated rings. The third-order valence-electron chi connectivity index (χ3n) is 9.18. The summed E-state index contributed by atoms with van der Waals surface area (Å²) < 4.78 is 0. The van der Waals surface area contributed by atoms with E-state index in [9.17, 15) is 0 Å². The largest absolute Gasteiger partial charge is 0.0590 e. The molecule has 0 radical (unpaired) electrons. The highest BCUT2D eigenvalue weighted by molar-refractivity contribution is 6.25. The second-order valence-electron chi connectivity index (χ2n) is 12.1. The van der Waals surface area contributed by atoms with E-state index in [1.165, 1.54) is 98.7 Å². The van der Waals surface area contributed by atoms with Gasteiger partial charge in [-0.1, -0.05) is 125 Å². The fraction of sp³-hybridized carbons (Fsp3) is 0.150. The molecule has 0 bridgehead atoms. The molecule has 0 aliphatic heterocycles. The van der Waals surface area contributed by atoms with Gasteiger partial charge in [0.1, 0.15) is 0 Å². The van der Waals surface area contributed by atoms with Gasteiger partial charge in [0.05, 0.1) is 0 Å². The van der Waals surface area contributed by atoms with E-state index in [-0.39, 0.29) is 5.92 Å². The van der Waals surface area contributed by atoms with E-state index in [1.54, 1.807) is 0 Å². The molecule has 0 spiro atoms. The zero-order valence-electron chi connectivity index (χ0n) is 23.8. The number of benzene rings is 7. The first kappa shape index (κ1) is 23.5. The molecule has 0 N–H and O–H groups in total. The highest BCUT2D eigenvalue weighted by Crippen LogP contribution is 2.58. The highest BCUT2D eigenvalue weighted by atomic mass is 14.4. The lowest BCUT2D eigenvalue weighted by atomic mass is 9.82. The van der Waals surface area contributed by atoms with Gasteiger partial charge in [0, 0.05) is 5.92 Å². The maximum absolute atomic E-state index is 2.40. The van der Waals surface area contributed by atoms with Gasteiger partial charge in [-0.25, -0.2) is 0 Å². The minimum atomic E-state index is 0.164. The van der Waals surface area contributed by atoms with Crippen molar-refractivity contribution in [2.45, 2.75) is 40.5 Å². The summed E-state index contributed by atoms with van der Waals surface area (Å²) in [4.78, 5) is 0. The average molecular weight is 513 g/mol. The molecule has 0 nitrogen and oxygen atoms in total. The van der Waals surface area contributed by atoms with Crippen LogP contribution in [0.1, 0.15) is 50.4 Å². The lowest BCUT2D eigenvalue weighted by molar-refractivity contribution is 1.04. The van der Waals surface area contributed by atoms with Crippen molar-refractivity contribution in [1.29, 1.82) is 0 Å². The Morgan fingerprint density at radius 1 is 0.325 bits per heavy atom. The molecule has 0 aromatic heterocycles. The SMILES string of the molecule is Cc1ccc(C2c3c(c4ccc(C)cc4c4cc(C)ccc34)-c3c2c2ccc(C)cc2c2cc(C)ccc32)cc1. The van der Waals surface area contributed by atoms with Crippen molar-refractivity contribution in [2.24, 2.45) is 0 Å². The van der Waals surface area contributed by atoms with Crippen LogP contribution in [0, 0.1) is 34.6 Å². The molecule has 1 aliphatic carbocycles. The molecular formula is C40H32. The maximum atomic E-state index is 2.40. The van der Waals surface area contributed by atoms with Gasteiger partial charge in [-0.2, -0.15) is 0 Å². The van der Waals surface area contributed by atoms with Crippen LogP contribution in [0.25, 0.3) is 54.2 Å². The summed E-state index contributed by atoms with van der Waals surface area (Å²) in [6.07, 6.45) is 0. The molecule has 0 amide bonds. The Labute approximate surface area is 235 Å². The molecule has 0 heterocycles. The van der Waals surface area contributed by atoms with Crippen molar-refractivity contribution in [1.82, 2.24) is 0 Å². The molecule has 0 unspecified atom stereocenters. The Morgan fingerprint density at radius 3 is 1.05 bits per heavy atom. The van der Waals surface area contributed by atoms with Gasteiger partial charge in [-0.3, -0.25) is 0 Å². The van der Waals surface area contributed by atoms with E-state index in [2.05, 4.69) is 132 Å². The first-order valence-corrected chi connectivity index (χ1v) is 14.4. The first-order valence-electron chi connectivity index (χ1n) is 14.4. The second-order valence-corrected chi connectivity index (χ2v) is 12.1. The molecule has 192 valence electrons. The van der Waals surface area contributed by atoms with Crippen LogP contribution in [0.2, 0.25) is 0 Å². The van der Waals surface area contributed by atoms with Gasteiger partial charge < -0.3 is 0 Å². The summed E-state index contributed by atoms with van der Waals surface area (Å²) in [5.41, 5.74) is 13.6. The topological polar surface area (TPSA) is 0 Å². The van der Waals surface area contributed by atoms with E-state index in [0.717, 1.165) is 0 Å². The summed E-state index contributed by atoms with van der Waals surface area (Å²) in [7, 11) is 0. The zero-order chi connectivity index (χ0) is 27.3. The molecular weight excluding hydrogens is 480 g/mol. The van der Waals surface area contributed by atoms with E-state index in [1.807, 2.05) is 0 Å². The van der Waals surface area contributed by atoms with Crippen molar-refractivity contribution >= 4 is 43.1 Å². The summed E-state index contributed by atoms with van der Waals surface area (Å²) in [5, 5.41) is 10.9. The van der Waals surface area contributed by atoms with Crippen LogP contribution in [0.5, 0.6) is 0 Å². The smallest absolute Gasteiger partial charge is 0.0365 e. The van der Waals surface area contributed by atoms with Crippen LogP contribution in [0.15, 0.2) is 97.1 Å². The maximum Gasteiger partial charge on any atom is 0.0365 e. The zero-order valence-corrected chi connectivity index (χ0v) is 23.8. The van der Waals surface area contributed by atoms with Gasteiger partial charge in [0.15, 0.2) is 0 Å². The highest BCUT2D eigenvalue weighted by Gasteiger charge is 2.36. The molecule has 0 atom stereocenters. The van der Waals surface area contributed by atoms with E-state index >= 15 is 0 Å². The Hall–Kier alpha value is -4.42. The number of aryl methyl sites for hydroxylation is 5. The minimum Gasteiger partial charge on any atom is -0.0590 e. The second kappa shape index (κ2) is 8.29. The van der Waals surface area contributed by atoms with Crippen LogP contribution in [-0.4, -0.2) is 0 Å². The fourth-order valence-corrected chi connectivity index (χ4v) is 7.36. The van der Waals surface area contributed by atoms with Crippen LogP contribution < -0.4 is 0 Å². The summed E-state index contributed by atoms with van der Waals surface area (Å²) >= 11 is 0. The van der Waals surface area contributed by atoms with Gasteiger partial charge in [-0.15, -0.1) is 0 Å². The lowest BCUT2D eigenvalue weighted by Gasteiger charge is -2.20. The molecule has 40 heavy (non-hydrogen) atoms. The summed E-state index contributed by atoms with van der Waals surface area (Å²) in [6, 6.07) is 37.6. The average Bonchev–Trinajstić information content (AvgIpc) is 3.30. The minimum absolute atomic E-state index is 0.164. The molecule has 8 rings (SSSR count). The van der Waals surface area contributed by atoms with Crippen LogP contribution in [-0.2, 0) is 0 Å². The molecule has 1 aliphatic rings. The van der Waals surface area contributed by atoms with E-state index in [0.29, 0.717) is 0 Å². The predicted molar refractivity (Wildman–Crippen MR) is 173 cm³/mol. The Balaban J connectivity index is 1.68. The monoisotopic (exact) mass is 512 g/mol. The van der Waals surface area contributed by atoms with Crippen LogP contribution in [0.4, 0.5) is 0 Å². The van der Waals surface area contributed by atoms with Crippen LogP contribution >= 0.6 is 0 Å². The number of hydrogen-bond donors (Lipinski definition) is 0. The van der Waals surface area contributed by atoms with E-state index in [4.69, 9.17) is 0 Å². The number of fused-ring (bicyclic) bond motifs is 13. The van der Waals surface area contributed by atoms with Crippen LogP contribution in [0.3, 0.4) is 0 Å². The molecule has 7 aromatic rings. The van der Waals surface area contributed by atoms with Crippen molar-refractivity contribution in [2.75, 3.05) is 0 Å². The number of hydrogen-bond acceptors (Lipinski definition) is 0. The Kier molecular flexibility index (Phi) is 4.86. The Morgan fingerprint density at radius 2 is 0.650 bits per heavy atom. The molecule has 7 aromatic carbocycles. The lowest BCUT2D eigenvalue weighted by Crippen LogP contribution is -2.02. The molecule has 0 saturated heterocycles. The van der Waals surface area contributed by atoms with Gasteiger partial charge >= 0.3 is 0 Å². The quantitative estimate of drug-likeness (QED) is 0.192. The summed E-state index contributed by atoms with van der Waals surface area (Å²) in [6.45, 7) is 11.0. The molecule has 0 heteroatoms. The van der Waals surface area contributed by atoms with Crippen molar-refractivity contribution in [3.8, 4) is 11.1 Å². The van der Waals surface area contributed by atoms with Crippen molar-refractivity contribution in [3.63, 3.8) is 0 Å². The third kappa shape index (κ3) is 3.20. The van der Waals surface area contributed by atoms with Crippen molar-refractivity contribution in [3.05, 3.63) is 142 Å². The standard InChI is InChI=1S/C40H32/c1-22-6-12-27(13-7-22)36-37-28-14-8-23(2)18-32(28)34-20-25(4)10-16-30(34)39(37)40-31-17-11-26(5)21-35(31)33-19-24(3)9-15-29(33)38(36)40/h6-21,36H,1-5H3.